The topological polar surface area (TPSA) is 72.3 Å². The average Bonchev–Trinajstić information content (AvgIpc) is 3.14. The van der Waals surface area contributed by atoms with E-state index >= 15 is 0 Å². The van der Waals surface area contributed by atoms with Crippen LogP contribution in [0.2, 0.25) is 5.02 Å². The van der Waals surface area contributed by atoms with Crippen LogP contribution in [0.5, 0.6) is 0 Å². The van der Waals surface area contributed by atoms with Crippen molar-refractivity contribution in [1.82, 2.24) is 19.2 Å². The maximum Gasteiger partial charge on any atom is 0.280 e. The van der Waals surface area contributed by atoms with E-state index in [2.05, 4.69) is 5.10 Å². The summed E-state index contributed by atoms with van der Waals surface area (Å²) in [6.45, 7) is 4.22. The van der Waals surface area contributed by atoms with E-state index in [0.717, 1.165) is 5.56 Å². The predicted octanol–water partition coefficient (Wildman–Crippen LogP) is 4.33. The van der Waals surface area contributed by atoms with Crippen LogP contribution in [0.3, 0.4) is 0 Å². The fourth-order valence-electron chi connectivity index (χ4n) is 4.24. The molecule has 2 heterocycles. The van der Waals surface area contributed by atoms with Crippen LogP contribution in [0, 0.1) is 5.82 Å². The molecule has 9 heteroatoms. The maximum absolute atomic E-state index is 13.7. The van der Waals surface area contributed by atoms with E-state index in [4.69, 9.17) is 16.3 Å². The lowest BCUT2D eigenvalue weighted by Crippen LogP contribution is -2.29. The SMILES string of the molecule is CCOCCCn1c(CN(C)Cc2cccc(F)c2)c2c(=O)n(-c3cccc(Cl)c3)[nH]c2cc1=O. The molecule has 0 unspecified atom stereocenters. The van der Waals surface area contributed by atoms with Crippen molar-refractivity contribution in [2.45, 2.75) is 33.0 Å². The second kappa shape index (κ2) is 11.0. The van der Waals surface area contributed by atoms with Gasteiger partial charge in [-0.05, 0) is 56.3 Å². The fraction of sp³-hybridized carbons (Fsp3) is 0.308. The first-order valence-electron chi connectivity index (χ1n) is 11.5. The zero-order valence-corrected chi connectivity index (χ0v) is 20.5. The van der Waals surface area contributed by atoms with Crippen molar-refractivity contribution in [3.8, 4) is 5.69 Å². The van der Waals surface area contributed by atoms with Crippen molar-refractivity contribution >= 4 is 22.5 Å². The number of nitrogens with zero attached hydrogens (tertiary/aromatic N) is 3. The van der Waals surface area contributed by atoms with Crippen molar-refractivity contribution < 1.29 is 9.13 Å². The number of hydrogen-bond acceptors (Lipinski definition) is 4. The molecule has 4 rings (SSSR count). The van der Waals surface area contributed by atoms with Crippen LogP contribution in [0.25, 0.3) is 16.6 Å². The smallest absolute Gasteiger partial charge is 0.280 e. The minimum Gasteiger partial charge on any atom is -0.382 e. The Morgan fingerprint density at radius 1 is 1.09 bits per heavy atom. The molecule has 0 radical (unpaired) electrons. The Hall–Kier alpha value is -3.20. The molecular formula is C26H28ClFN4O3. The Morgan fingerprint density at radius 2 is 1.89 bits per heavy atom. The Labute approximate surface area is 207 Å². The highest BCUT2D eigenvalue weighted by atomic mass is 35.5. The summed E-state index contributed by atoms with van der Waals surface area (Å²) in [6, 6.07) is 14.8. The molecule has 35 heavy (non-hydrogen) atoms. The Balaban J connectivity index is 1.78. The average molecular weight is 499 g/mol. The van der Waals surface area contributed by atoms with E-state index in [1.54, 1.807) is 34.9 Å². The van der Waals surface area contributed by atoms with Gasteiger partial charge < -0.3 is 9.30 Å². The van der Waals surface area contributed by atoms with Crippen LogP contribution in [0.4, 0.5) is 4.39 Å². The van der Waals surface area contributed by atoms with Crippen molar-refractivity contribution in [2.24, 2.45) is 0 Å². The molecule has 7 nitrogen and oxygen atoms in total. The molecule has 0 spiro atoms. The molecule has 2 aromatic carbocycles. The number of halogens is 2. The number of aromatic nitrogens is 3. The summed E-state index contributed by atoms with van der Waals surface area (Å²) in [6.07, 6.45) is 0.632. The number of fused-ring (bicyclic) bond motifs is 1. The van der Waals surface area contributed by atoms with Gasteiger partial charge in [-0.2, -0.15) is 0 Å². The number of aromatic amines is 1. The van der Waals surface area contributed by atoms with Gasteiger partial charge in [-0.15, -0.1) is 0 Å². The summed E-state index contributed by atoms with van der Waals surface area (Å²) in [5, 5.41) is 4.00. The maximum atomic E-state index is 13.7. The summed E-state index contributed by atoms with van der Waals surface area (Å²) in [5.41, 5.74) is 1.96. The molecule has 0 fully saturated rings. The molecule has 0 aliphatic carbocycles. The number of ether oxygens (including phenoxy) is 1. The number of H-pyrrole nitrogens is 1. The normalized spacial score (nSPS) is 11.6. The van der Waals surface area contributed by atoms with Crippen molar-refractivity contribution in [3.05, 3.63) is 97.4 Å². The molecule has 184 valence electrons. The van der Waals surface area contributed by atoms with Gasteiger partial charge in [0.25, 0.3) is 11.1 Å². The molecule has 0 aliphatic heterocycles. The van der Waals surface area contributed by atoms with Gasteiger partial charge in [0.2, 0.25) is 0 Å². The number of hydrogen-bond donors (Lipinski definition) is 1. The molecule has 1 N–H and O–H groups in total. The Kier molecular flexibility index (Phi) is 7.85. The summed E-state index contributed by atoms with van der Waals surface area (Å²) < 4.78 is 22.2. The minimum absolute atomic E-state index is 0.206. The molecule has 0 amide bonds. The second-order valence-corrected chi connectivity index (χ2v) is 8.89. The van der Waals surface area contributed by atoms with E-state index in [-0.39, 0.29) is 16.9 Å². The summed E-state index contributed by atoms with van der Waals surface area (Å²) in [4.78, 5) is 28.6. The molecule has 0 aliphatic rings. The third kappa shape index (κ3) is 5.73. The highest BCUT2D eigenvalue weighted by Crippen LogP contribution is 2.19. The molecule has 2 aromatic heterocycles. The zero-order chi connectivity index (χ0) is 24.9. The first-order valence-corrected chi connectivity index (χ1v) is 11.9. The van der Waals surface area contributed by atoms with E-state index in [1.165, 1.54) is 22.9 Å². The van der Waals surface area contributed by atoms with Gasteiger partial charge in [-0.1, -0.05) is 29.8 Å². The van der Waals surface area contributed by atoms with Gasteiger partial charge in [0, 0.05) is 43.9 Å². The van der Waals surface area contributed by atoms with Crippen molar-refractivity contribution in [3.63, 3.8) is 0 Å². The van der Waals surface area contributed by atoms with Crippen LogP contribution in [0.1, 0.15) is 24.6 Å². The van der Waals surface area contributed by atoms with Gasteiger partial charge in [0.15, 0.2) is 0 Å². The monoisotopic (exact) mass is 498 g/mol. The van der Waals surface area contributed by atoms with Gasteiger partial charge in [-0.25, -0.2) is 9.07 Å². The first kappa shape index (κ1) is 24.9. The van der Waals surface area contributed by atoms with Gasteiger partial charge in [-0.3, -0.25) is 19.6 Å². The lowest BCUT2D eigenvalue weighted by Gasteiger charge is -2.20. The van der Waals surface area contributed by atoms with Crippen LogP contribution in [0.15, 0.2) is 64.2 Å². The quantitative estimate of drug-likeness (QED) is 0.330. The predicted molar refractivity (Wildman–Crippen MR) is 136 cm³/mol. The minimum atomic E-state index is -0.305. The van der Waals surface area contributed by atoms with Gasteiger partial charge in [0.1, 0.15) is 5.82 Å². The van der Waals surface area contributed by atoms with Gasteiger partial charge in [0.05, 0.1) is 22.3 Å². The number of pyridine rings is 1. The first-order chi connectivity index (χ1) is 16.9. The van der Waals surface area contributed by atoms with Gasteiger partial charge >= 0.3 is 0 Å². The van der Waals surface area contributed by atoms with Crippen LogP contribution in [-0.2, 0) is 24.4 Å². The third-order valence-electron chi connectivity index (χ3n) is 5.77. The van der Waals surface area contributed by atoms with E-state index in [1.807, 2.05) is 24.9 Å². The number of nitrogens with one attached hydrogen (secondary N) is 1. The standard InChI is InChI=1S/C26H28ClFN4O3/c1-3-35-12-6-11-31-23(17-30(2)16-18-7-4-9-20(28)13-18)25-22(15-24(31)33)29-32(26(25)34)21-10-5-8-19(27)14-21/h4-5,7-10,13-15,29H,3,6,11-12,16-17H2,1-2H3. The Bertz CT molecular complexity index is 1440. The molecule has 0 saturated heterocycles. The molecular weight excluding hydrogens is 471 g/mol. The summed E-state index contributed by atoms with van der Waals surface area (Å²) >= 11 is 6.14. The number of rotatable bonds is 10. The van der Waals surface area contributed by atoms with Crippen LogP contribution in [-0.4, -0.2) is 39.5 Å². The Morgan fingerprint density at radius 3 is 2.63 bits per heavy atom. The summed E-state index contributed by atoms with van der Waals surface area (Å²) in [5.74, 6) is -0.305. The van der Waals surface area contributed by atoms with E-state index < -0.39 is 0 Å². The third-order valence-corrected chi connectivity index (χ3v) is 6.00. The second-order valence-electron chi connectivity index (χ2n) is 8.45. The molecule has 4 aromatic rings. The number of benzene rings is 2. The largest absolute Gasteiger partial charge is 0.382 e. The molecule has 0 saturated carbocycles. The van der Waals surface area contributed by atoms with E-state index in [0.29, 0.717) is 66.6 Å². The van der Waals surface area contributed by atoms with Crippen LogP contribution >= 0.6 is 11.6 Å². The lowest BCUT2D eigenvalue weighted by molar-refractivity contribution is 0.141. The lowest BCUT2D eigenvalue weighted by atomic mass is 10.1. The molecule has 0 bridgehead atoms. The summed E-state index contributed by atoms with van der Waals surface area (Å²) in [7, 11) is 1.88. The fourth-order valence-corrected chi connectivity index (χ4v) is 4.43. The highest BCUT2D eigenvalue weighted by molar-refractivity contribution is 6.30. The zero-order valence-electron chi connectivity index (χ0n) is 19.8. The molecule has 0 atom stereocenters. The van der Waals surface area contributed by atoms with Crippen molar-refractivity contribution in [1.29, 1.82) is 0 Å². The van der Waals surface area contributed by atoms with E-state index in [9.17, 15) is 14.0 Å². The highest BCUT2D eigenvalue weighted by Gasteiger charge is 2.19. The van der Waals surface area contributed by atoms with Crippen molar-refractivity contribution in [2.75, 3.05) is 20.3 Å². The van der Waals surface area contributed by atoms with Crippen LogP contribution < -0.4 is 11.1 Å².